The number of aromatic nitrogens is 2. The van der Waals surface area contributed by atoms with Gasteiger partial charge in [0.05, 0.1) is 5.69 Å². The lowest BCUT2D eigenvalue weighted by Gasteiger charge is -2.16. The fraction of sp³-hybridized carbons (Fsp3) is 0.350. The highest BCUT2D eigenvalue weighted by molar-refractivity contribution is 7.13. The molecule has 0 radical (unpaired) electrons. The maximum Gasteiger partial charge on any atom is 0.256 e. The number of aryl methyl sites for hydroxylation is 1. The Morgan fingerprint density at radius 2 is 1.96 bits per heavy atom. The van der Waals surface area contributed by atoms with Crippen molar-refractivity contribution in [3.8, 4) is 10.6 Å². The Bertz CT molecular complexity index is 891. The summed E-state index contributed by atoms with van der Waals surface area (Å²) in [4.78, 5) is 17.2. The van der Waals surface area contributed by atoms with Gasteiger partial charge in [-0.1, -0.05) is 56.3 Å². The quantitative estimate of drug-likeness (QED) is 0.725. The van der Waals surface area contributed by atoms with E-state index >= 15 is 0 Å². The van der Waals surface area contributed by atoms with Crippen LogP contribution < -0.4 is 5.32 Å². The summed E-state index contributed by atoms with van der Waals surface area (Å²) in [6, 6.07) is 10.1. The van der Waals surface area contributed by atoms with Gasteiger partial charge in [-0.25, -0.2) is 4.98 Å². The van der Waals surface area contributed by atoms with E-state index in [1.54, 1.807) is 18.3 Å². The van der Waals surface area contributed by atoms with Crippen LogP contribution in [0.15, 0.2) is 40.2 Å². The largest absolute Gasteiger partial charge is 0.361 e. The molecule has 2 heterocycles. The summed E-state index contributed by atoms with van der Waals surface area (Å²) in [5, 5.41) is 10.1. The molecule has 0 unspecified atom stereocenters. The summed E-state index contributed by atoms with van der Waals surface area (Å²) in [5.74, 6) is 0.402. The molecule has 0 atom stereocenters. The van der Waals surface area contributed by atoms with E-state index in [1.807, 2.05) is 56.5 Å². The summed E-state index contributed by atoms with van der Waals surface area (Å²) < 4.78 is 5.24. The van der Waals surface area contributed by atoms with Gasteiger partial charge in [0.1, 0.15) is 22.0 Å². The van der Waals surface area contributed by atoms with Crippen molar-refractivity contribution in [2.45, 2.75) is 39.5 Å². The van der Waals surface area contributed by atoms with Gasteiger partial charge in [0.25, 0.3) is 5.91 Å². The molecule has 0 aliphatic rings. The third kappa shape index (κ3) is 4.02. The molecular weight excluding hydrogens is 346 g/mol. The predicted octanol–water partition coefficient (Wildman–Crippen LogP) is 4.38. The van der Waals surface area contributed by atoms with Crippen LogP contribution >= 0.6 is 11.3 Å². The Kier molecular flexibility index (Phi) is 5.23. The zero-order chi connectivity index (χ0) is 18.7. The first-order valence-electron chi connectivity index (χ1n) is 8.61. The van der Waals surface area contributed by atoms with E-state index in [9.17, 15) is 4.79 Å². The third-order valence-electron chi connectivity index (χ3n) is 4.04. The van der Waals surface area contributed by atoms with Gasteiger partial charge in [-0.2, -0.15) is 0 Å². The molecule has 0 bridgehead atoms. The van der Waals surface area contributed by atoms with Gasteiger partial charge in [-0.05, 0) is 6.92 Å². The molecule has 0 spiro atoms. The van der Waals surface area contributed by atoms with Gasteiger partial charge >= 0.3 is 0 Å². The van der Waals surface area contributed by atoms with Crippen molar-refractivity contribution in [2.75, 3.05) is 6.54 Å². The first-order chi connectivity index (χ1) is 12.4. The number of benzene rings is 1. The molecule has 0 aliphatic heterocycles. The fourth-order valence-electron chi connectivity index (χ4n) is 2.68. The van der Waals surface area contributed by atoms with Crippen LogP contribution in [0.25, 0.3) is 10.6 Å². The van der Waals surface area contributed by atoms with Crippen molar-refractivity contribution in [3.63, 3.8) is 0 Å². The van der Waals surface area contributed by atoms with E-state index in [1.165, 1.54) is 0 Å². The Morgan fingerprint density at radius 1 is 1.23 bits per heavy atom. The second-order valence-corrected chi connectivity index (χ2v) is 8.09. The topological polar surface area (TPSA) is 68.0 Å². The second kappa shape index (κ2) is 7.41. The van der Waals surface area contributed by atoms with Gasteiger partial charge in [0.2, 0.25) is 0 Å². The molecule has 0 saturated carbocycles. The highest BCUT2D eigenvalue weighted by Gasteiger charge is 2.28. The number of nitrogens with one attached hydrogen (secondary N) is 1. The summed E-state index contributed by atoms with van der Waals surface area (Å²) in [5.41, 5.74) is 3.08. The second-order valence-electron chi connectivity index (χ2n) is 7.23. The molecule has 1 N–H and O–H groups in total. The molecule has 2 aromatic heterocycles. The molecular formula is C20H23N3O2S. The zero-order valence-electron chi connectivity index (χ0n) is 15.5. The normalized spacial score (nSPS) is 11.5. The summed E-state index contributed by atoms with van der Waals surface area (Å²) in [6.07, 6.45) is 0.685. The zero-order valence-corrected chi connectivity index (χ0v) is 16.3. The van der Waals surface area contributed by atoms with Crippen LogP contribution in [-0.4, -0.2) is 22.6 Å². The molecule has 26 heavy (non-hydrogen) atoms. The van der Waals surface area contributed by atoms with Crippen LogP contribution in [0, 0.1) is 6.92 Å². The lowest BCUT2D eigenvalue weighted by molar-refractivity contribution is 0.0950. The molecule has 136 valence electrons. The number of nitrogens with zero attached hydrogens (tertiary/aromatic N) is 2. The molecule has 1 aromatic carbocycles. The van der Waals surface area contributed by atoms with E-state index < -0.39 is 0 Å². The molecule has 0 aliphatic carbocycles. The molecule has 6 heteroatoms. The SMILES string of the molecule is Cc1onc(C(C)(C)C)c1C(=O)NCCc1csc(-c2ccccc2)n1. The van der Waals surface area contributed by atoms with Crippen LogP contribution in [0.5, 0.6) is 0 Å². The number of hydrogen-bond donors (Lipinski definition) is 1. The van der Waals surface area contributed by atoms with Crippen LogP contribution in [0.4, 0.5) is 0 Å². The van der Waals surface area contributed by atoms with Gasteiger partial charge in [0, 0.05) is 29.3 Å². The molecule has 3 aromatic rings. The lowest BCUT2D eigenvalue weighted by atomic mass is 9.88. The van der Waals surface area contributed by atoms with E-state index in [0.717, 1.165) is 16.3 Å². The molecule has 0 fully saturated rings. The molecule has 3 rings (SSSR count). The number of carbonyl (C=O) groups is 1. The maximum absolute atomic E-state index is 12.6. The summed E-state index contributed by atoms with van der Waals surface area (Å²) in [7, 11) is 0. The van der Waals surface area contributed by atoms with Crippen LogP contribution in [0.3, 0.4) is 0 Å². The molecule has 5 nitrogen and oxygen atoms in total. The maximum atomic E-state index is 12.6. The van der Waals surface area contributed by atoms with Gasteiger partial charge in [-0.3, -0.25) is 4.79 Å². The Morgan fingerprint density at radius 3 is 2.65 bits per heavy atom. The van der Waals surface area contributed by atoms with Crippen LogP contribution in [-0.2, 0) is 11.8 Å². The minimum absolute atomic E-state index is 0.146. The number of hydrogen-bond acceptors (Lipinski definition) is 5. The number of thiazole rings is 1. The minimum atomic E-state index is -0.246. The van der Waals surface area contributed by atoms with E-state index in [2.05, 4.69) is 15.5 Å². The Labute approximate surface area is 157 Å². The van der Waals surface area contributed by atoms with Crippen molar-refractivity contribution < 1.29 is 9.32 Å². The summed E-state index contributed by atoms with van der Waals surface area (Å²) in [6.45, 7) is 8.33. The van der Waals surface area contributed by atoms with Gasteiger partial charge in [-0.15, -0.1) is 11.3 Å². The Hall–Kier alpha value is -2.47. The van der Waals surface area contributed by atoms with Crippen LogP contribution in [0.2, 0.25) is 0 Å². The number of carbonyl (C=O) groups excluding carboxylic acids is 1. The molecule has 0 saturated heterocycles. The van der Waals surface area contributed by atoms with E-state index in [-0.39, 0.29) is 11.3 Å². The van der Waals surface area contributed by atoms with Crippen molar-refractivity contribution >= 4 is 17.2 Å². The van der Waals surface area contributed by atoms with Crippen molar-refractivity contribution in [2.24, 2.45) is 0 Å². The Balaban J connectivity index is 1.62. The van der Waals surface area contributed by atoms with E-state index in [4.69, 9.17) is 4.52 Å². The minimum Gasteiger partial charge on any atom is -0.361 e. The average Bonchev–Trinajstić information content (AvgIpc) is 3.22. The van der Waals surface area contributed by atoms with Crippen LogP contribution in [0.1, 0.15) is 48.3 Å². The fourth-order valence-corrected chi connectivity index (χ4v) is 3.54. The highest BCUT2D eigenvalue weighted by atomic mass is 32.1. The number of amides is 1. The van der Waals surface area contributed by atoms with E-state index in [0.29, 0.717) is 30.0 Å². The third-order valence-corrected chi connectivity index (χ3v) is 4.98. The standard InChI is InChI=1S/C20H23N3O2S/c1-13-16(17(23-25-13)20(2,3)4)18(24)21-11-10-15-12-26-19(22-15)14-8-6-5-7-9-14/h5-9,12H,10-11H2,1-4H3,(H,21,24). The highest BCUT2D eigenvalue weighted by Crippen LogP contribution is 2.27. The van der Waals surface area contributed by atoms with Crippen molar-refractivity contribution in [1.82, 2.24) is 15.5 Å². The van der Waals surface area contributed by atoms with Gasteiger partial charge < -0.3 is 9.84 Å². The predicted molar refractivity (Wildman–Crippen MR) is 104 cm³/mol. The lowest BCUT2D eigenvalue weighted by Crippen LogP contribution is -2.29. The smallest absolute Gasteiger partial charge is 0.256 e. The monoisotopic (exact) mass is 369 g/mol. The van der Waals surface area contributed by atoms with Gasteiger partial charge in [0.15, 0.2) is 0 Å². The first kappa shape index (κ1) is 18.3. The average molecular weight is 369 g/mol. The summed E-state index contributed by atoms with van der Waals surface area (Å²) >= 11 is 1.62. The van der Waals surface area contributed by atoms with Crippen molar-refractivity contribution in [3.05, 3.63) is 58.4 Å². The van der Waals surface area contributed by atoms with Crippen molar-refractivity contribution in [1.29, 1.82) is 0 Å². The number of rotatable bonds is 5. The molecule has 1 amide bonds. The first-order valence-corrected chi connectivity index (χ1v) is 9.49.